The second kappa shape index (κ2) is 8.06. The molecule has 2 fully saturated rings. The van der Waals surface area contributed by atoms with Gasteiger partial charge in [0.05, 0.1) is 11.8 Å². The minimum atomic E-state index is -0.524. The Kier molecular flexibility index (Phi) is 6.10. The predicted octanol–water partition coefficient (Wildman–Crippen LogP) is 0.737. The van der Waals surface area contributed by atoms with E-state index in [4.69, 9.17) is 0 Å². The third kappa shape index (κ3) is 4.39. The molecule has 0 aromatic rings. The summed E-state index contributed by atoms with van der Waals surface area (Å²) < 4.78 is 0. The summed E-state index contributed by atoms with van der Waals surface area (Å²) in [5.41, 5.74) is 0. The predicted molar refractivity (Wildman–Crippen MR) is 79.9 cm³/mol. The number of hydrogen-bond acceptors (Lipinski definition) is 4. The van der Waals surface area contributed by atoms with E-state index in [0.717, 1.165) is 25.7 Å². The lowest BCUT2D eigenvalue weighted by Gasteiger charge is -2.21. The lowest BCUT2D eigenvalue weighted by molar-refractivity contribution is -0.137. The van der Waals surface area contributed by atoms with E-state index < -0.39 is 11.8 Å². The summed E-state index contributed by atoms with van der Waals surface area (Å²) in [5.74, 6) is -1.50. The lowest BCUT2D eigenvalue weighted by atomic mass is 9.87. The Morgan fingerprint density at radius 1 is 0.773 bits per heavy atom. The van der Waals surface area contributed by atoms with Gasteiger partial charge in [-0.25, -0.2) is 0 Å². The van der Waals surface area contributed by atoms with E-state index >= 15 is 0 Å². The van der Waals surface area contributed by atoms with Crippen LogP contribution >= 0.6 is 0 Å². The molecule has 6 heteroatoms. The first-order chi connectivity index (χ1) is 10.6. The minimum Gasteiger partial charge on any atom is -0.354 e. The molecule has 0 aromatic carbocycles. The van der Waals surface area contributed by atoms with E-state index in [0.29, 0.717) is 25.7 Å². The average Bonchev–Trinajstić information content (AvgIpc) is 2.52. The Hall–Kier alpha value is -1.72. The molecule has 0 heterocycles. The van der Waals surface area contributed by atoms with Crippen LogP contribution in [0, 0.1) is 11.8 Å². The van der Waals surface area contributed by atoms with Crippen molar-refractivity contribution in [1.82, 2.24) is 10.6 Å². The maximum atomic E-state index is 11.9. The lowest BCUT2D eigenvalue weighted by Crippen LogP contribution is -2.43. The fourth-order valence-corrected chi connectivity index (χ4v) is 3.14. The number of amides is 2. The van der Waals surface area contributed by atoms with Gasteiger partial charge in [0.15, 0.2) is 0 Å². The monoisotopic (exact) mass is 308 g/mol. The highest BCUT2D eigenvalue weighted by atomic mass is 16.2. The standard InChI is InChI=1S/C16H24N2O4/c19-13-7-3-1-5-11(13)15(21)17-9-10-18-16(22)12-6-2-4-8-14(12)20/h11-12H,1-10H2,(H,17,21)(H,18,22). The van der Waals surface area contributed by atoms with Crippen LogP contribution < -0.4 is 10.6 Å². The van der Waals surface area contributed by atoms with Gasteiger partial charge in [-0.2, -0.15) is 0 Å². The van der Waals surface area contributed by atoms with E-state index in [1.807, 2.05) is 0 Å². The largest absolute Gasteiger partial charge is 0.354 e. The van der Waals surface area contributed by atoms with Gasteiger partial charge in [-0.1, -0.05) is 12.8 Å². The van der Waals surface area contributed by atoms with Gasteiger partial charge in [0, 0.05) is 25.9 Å². The molecule has 2 unspecified atom stereocenters. The van der Waals surface area contributed by atoms with Crippen LogP contribution in [0.3, 0.4) is 0 Å². The number of ketones is 2. The van der Waals surface area contributed by atoms with Gasteiger partial charge in [-0.15, -0.1) is 0 Å². The maximum Gasteiger partial charge on any atom is 0.230 e. The first-order valence-electron chi connectivity index (χ1n) is 8.20. The van der Waals surface area contributed by atoms with Crippen LogP contribution in [0.2, 0.25) is 0 Å². The topological polar surface area (TPSA) is 92.3 Å². The van der Waals surface area contributed by atoms with Crippen LogP contribution in [0.5, 0.6) is 0 Å². The Balaban J connectivity index is 1.66. The van der Waals surface area contributed by atoms with Crippen molar-refractivity contribution in [2.45, 2.75) is 51.4 Å². The molecule has 2 aliphatic rings. The van der Waals surface area contributed by atoms with E-state index in [1.54, 1.807) is 0 Å². The van der Waals surface area contributed by atoms with Crippen molar-refractivity contribution in [2.24, 2.45) is 11.8 Å². The van der Waals surface area contributed by atoms with Crippen molar-refractivity contribution in [3.8, 4) is 0 Å². The molecule has 2 aliphatic carbocycles. The third-order valence-electron chi connectivity index (χ3n) is 4.47. The van der Waals surface area contributed by atoms with E-state index in [1.165, 1.54) is 0 Å². The van der Waals surface area contributed by atoms with Crippen LogP contribution in [0.15, 0.2) is 0 Å². The summed E-state index contributed by atoms with van der Waals surface area (Å²) in [4.78, 5) is 47.1. The zero-order valence-electron chi connectivity index (χ0n) is 12.9. The zero-order valence-corrected chi connectivity index (χ0v) is 12.9. The first kappa shape index (κ1) is 16.6. The second-order valence-corrected chi connectivity index (χ2v) is 6.11. The van der Waals surface area contributed by atoms with Crippen LogP contribution in [0.1, 0.15) is 51.4 Å². The minimum absolute atomic E-state index is 0.0144. The number of carbonyl (C=O) groups is 4. The number of Topliss-reactive ketones (excluding diaryl/α,β-unsaturated/α-hetero) is 2. The highest BCUT2D eigenvalue weighted by molar-refractivity contribution is 6.02. The van der Waals surface area contributed by atoms with Crippen molar-refractivity contribution in [1.29, 1.82) is 0 Å². The smallest absolute Gasteiger partial charge is 0.230 e. The van der Waals surface area contributed by atoms with E-state index in [-0.39, 0.29) is 36.5 Å². The summed E-state index contributed by atoms with van der Waals surface area (Å²) in [6.45, 7) is 0.574. The fourth-order valence-electron chi connectivity index (χ4n) is 3.14. The van der Waals surface area contributed by atoms with Gasteiger partial charge >= 0.3 is 0 Å². The first-order valence-corrected chi connectivity index (χ1v) is 8.20. The molecular weight excluding hydrogens is 284 g/mol. The van der Waals surface area contributed by atoms with Crippen LogP contribution in [-0.2, 0) is 19.2 Å². The zero-order chi connectivity index (χ0) is 15.9. The van der Waals surface area contributed by atoms with E-state index in [9.17, 15) is 19.2 Å². The normalized spacial score (nSPS) is 25.6. The second-order valence-electron chi connectivity index (χ2n) is 6.11. The summed E-state index contributed by atoms with van der Waals surface area (Å²) in [6.07, 6.45) is 5.76. The summed E-state index contributed by atoms with van der Waals surface area (Å²) in [5, 5.41) is 5.39. The number of carbonyl (C=O) groups excluding carboxylic acids is 4. The summed E-state index contributed by atoms with van der Waals surface area (Å²) >= 11 is 0. The summed E-state index contributed by atoms with van der Waals surface area (Å²) in [7, 11) is 0. The van der Waals surface area contributed by atoms with Gasteiger partial charge in [0.2, 0.25) is 11.8 Å². The molecule has 122 valence electrons. The maximum absolute atomic E-state index is 11.9. The molecule has 2 atom stereocenters. The van der Waals surface area contributed by atoms with Crippen molar-refractivity contribution < 1.29 is 19.2 Å². The Labute approximate surface area is 130 Å². The van der Waals surface area contributed by atoms with Crippen molar-refractivity contribution >= 4 is 23.4 Å². The molecule has 0 saturated heterocycles. The van der Waals surface area contributed by atoms with Crippen molar-refractivity contribution in [2.75, 3.05) is 13.1 Å². The summed E-state index contributed by atoms with van der Waals surface area (Å²) in [6, 6.07) is 0. The third-order valence-corrected chi connectivity index (χ3v) is 4.47. The van der Waals surface area contributed by atoms with Gasteiger partial charge in [0.1, 0.15) is 11.6 Å². The molecular formula is C16H24N2O4. The van der Waals surface area contributed by atoms with Gasteiger partial charge < -0.3 is 10.6 Å². The molecule has 2 N–H and O–H groups in total. The number of hydrogen-bond donors (Lipinski definition) is 2. The highest BCUT2D eigenvalue weighted by Gasteiger charge is 2.29. The number of rotatable bonds is 5. The fraction of sp³-hybridized carbons (Fsp3) is 0.750. The van der Waals surface area contributed by atoms with Crippen LogP contribution in [-0.4, -0.2) is 36.5 Å². The molecule has 6 nitrogen and oxygen atoms in total. The molecule has 2 amide bonds. The average molecular weight is 308 g/mol. The van der Waals surface area contributed by atoms with Crippen LogP contribution in [0.25, 0.3) is 0 Å². The molecule has 0 bridgehead atoms. The van der Waals surface area contributed by atoms with Gasteiger partial charge in [-0.3, -0.25) is 19.2 Å². The molecule has 22 heavy (non-hydrogen) atoms. The molecule has 0 aliphatic heterocycles. The van der Waals surface area contributed by atoms with Gasteiger partial charge in [-0.05, 0) is 25.7 Å². The highest BCUT2D eigenvalue weighted by Crippen LogP contribution is 2.21. The molecule has 2 rings (SSSR count). The molecule has 2 saturated carbocycles. The number of nitrogens with one attached hydrogen (secondary N) is 2. The Morgan fingerprint density at radius 2 is 1.18 bits per heavy atom. The molecule has 0 aromatic heterocycles. The molecule has 0 spiro atoms. The Morgan fingerprint density at radius 3 is 1.55 bits per heavy atom. The quantitative estimate of drug-likeness (QED) is 0.579. The molecule has 0 radical (unpaired) electrons. The van der Waals surface area contributed by atoms with Gasteiger partial charge in [0.25, 0.3) is 0 Å². The Bertz CT molecular complexity index is 419. The van der Waals surface area contributed by atoms with Crippen molar-refractivity contribution in [3.63, 3.8) is 0 Å². The van der Waals surface area contributed by atoms with Crippen molar-refractivity contribution in [3.05, 3.63) is 0 Å². The van der Waals surface area contributed by atoms with Crippen LogP contribution in [0.4, 0.5) is 0 Å². The SMILES string of the molecule is O=C1CCCCC1C(=O)NCCNC(=O)C1CCCCC1=O. The van der Waals surface area contributed by atoms with E-state index in [2.05, 4.69) is 10.6 Å².